The van der Waals surface area contributed by atoms with Gasteiger partial charge in [-0.25, -0.2) is 9.78 Å². The van der Waals surface area contributed by atoms with Gasteiger partial charge >= 0.3 is 6.03 Å². The number of fused-ring (bicyclic) bond motifs is 1. The topological polar surface area (TPSA) is 87.4 Å². The number of nitrogens with zero attached hydrogens (tertiary/aromatic N) is 1. The normalized spacial score (nSPS) is 10.6. The zero-order valence-corrected chi connectivity index (χ0v) is 10.1. The van der Waals surface area contributed by atoms with Crippen molar-refractivity contribution >= 4 is 22.8 Å². The van der Waals surface area contributed by atoms with Crippen molar-refractivity contribution in [3.8, 4) is 0 Å². The Balaban J connectivity index is 2.00. The molecule has 0 atom stereocenters. The Hall–Kier alpha value is -2.08. The number of rotatable bonds is 4. The van der Waals surface area contributed by atoms with Gasteiger partial charge < -0.3 is 20.2 Å². The second-order valence-corrected chi connectivity index (χ2v) is 3.87. The fourth-order valence-electron chi connectivity index (χ4n) is 1.57. The molecular formula is C12H15N3O3. The van der Waals surface area contributed by atoms with Crippen LogP contribution in [0.4, 0.5) is 10.5 Å². The Labute approximate surface area is 104 Å². The van der Waals surface area contributed by atoms with E-state index < -0.39 is 0 Å². The number of aryl methyl sites for hydroxylation is 1. The van der Waals surface area contributed by atoms with E-state index in [4.69, 9.17) is 9.52 Å². The number of amides is 2. The van der Waals surface area contributed by atoms with Crippen molar-refractivity contribution in [2.24, 2.45) is 0 Å². The van der Waals surface area contributed by atoms with Crippen LogP contribution in [0.2, 0.25) is 0 Å². The Kier molecular flexibility index (Phi) is 3.78. The zero-order valence-electron chi connectivity index (χ0n) is 10.1. The molecule has 0 aliphatic heterocycles. The predicted octanol–water partition coefficient (Wildman–Crippen LogP) is 1.64. The molecule has 0 bridgehead atoms. The van der Waals surface area contributed by atoms with Crippen molar-refractivity contribution in [3.05, 3.63) is 24.1 Å². The van der Waals surface area contributed by atoms with Gasteiger partial charge in [0, 0.05) is 31.8 Å². The van der Waals surface area contributed by atoms with E-state index >= 15 is 0 Å². The highest BCUT2D eigenvalue weighted by atomic mass is 16.3. The third-order valence-electron chi connectivity index (χ3n) is 2.37. The number of hydrogen-bond donors (Lipinski definition) is 3. The van der Waals surface area contributed by atoms with E-state index in [1.807, 2.05) is 0 Å². The fraction of sp³-hybridized carbons (Fsp3) is 0.333. The van der Waals surface area contributed by atoms with Crippen LogP contribution in [0.25, 0.3) is 11.1 Å². The molecule has 18 heavy (non-hydrogen) atoms. The first-order valence-corrected chi connectivity index (χ1v) is 5.72. The average molecular weight is 249 g/mol. The molecule has 2 amide bonds. The summed E-state index contributed by atoms with van der Waals surface area (Å²) in [6.07, 6.45) is 0.535. The fourth-order valence-corrected chi connectivity index (χ4v) is 1.57. The first-order chi connectivity index (χ1) is 8.69. The number of carbonyl (C=O) groups excluding carboxylic acids is 1. The molecule has 0 radical (unpaired) electrons. The number of aliphatic hydroxyl groups excluding tert-OH is 1. The lowest BCUT2D eigenvalue weighted by Gasteiger charge is -2.06. The van der Waals surface area contributed by atoms with Crippen LogP contribution in [0.5, 0.6) is 0 Å². The molecular weight excluding hydrogens is 234 g/mol. The molecule has 0 saturated heterocycles. The summed E-state index contributed by atoms with van der Waals surface area (Å²) in [5.41, 5.74) is 2.04. The van der Waals surface area contributed by atoms with Crippen molar-refractivity contribution < 1.29 is 14.3 Å². The van der Waals surface area contributed by atoms with Gasteiger partial charge in [0.1, 0.15) is 5.52 Å². The van der Waals surface area contributed by atoms with Crippen molar-refractivity contribution in [2.75, 3.05) is 18.5 Å². The number of hydrogen-bond acceptors (Lipinski definition) is 4. The summed E-state index contributed by atoms with van der Waals surface area (Å²) in [5.74, 6) is 0.592. The summed E-state index contributed by atoms with van der Waals surface area (Å²) >= 11 is 0. The number of benzene rings is 1. The van der Waals surface area contributed by atoms with Crippen LogP contribution in [-0.4, -0.2) is 29.3 Å². The summed E-state index contributed by atoms with van der Waals surface area (Å²) in [5, 5.41) is 13.9. The van der Waals surface area contributed by atoms with Crippen LogP contribution in [0.1, 0.15) is 12.3 Å². The Morgan fingerprint density at radius 2 is 2.33 bits per heavy atom. The van der Waals surface area contributed by atoms with Crippen LogP contribution < -0.4 is 10.6 Å². The van der Waals surface area contributed by atoms with E-state index in [0.717, 1.165) is 5.52 Å². The Bertz CT molecular complexity index is 550. The van der Waals surface area contributed by atoms with E-state index in [-0.39, 0.29) is 12.6 Å². The van der Waals surface area contributed by atoms with Crippen LogP contribution in [0.15, 0.2) is 22.6 Å². The standard InChI is InChI=1S/C12H15N3O3/c1-8-14-10-4-3-9(7-11(10)18-8)15-12(17)13-5-2-6-16/h3-4,7,16H,2,5-6H2,1H3,(H2,13,15,17). The van der Waals surface area contributed by atoms with Gasteiger partial charge in [0.15, 0.2) is 11.5 Å². The van der Waals surface area contributed by atoms with Crippen molar-refractivity contribution in [1.82, 2.24) is 10.3 Å². The first kappa shape index (κ1) is 12.4. The summed E-state index contributed by atoms with van der Waals surface area (Å²) in [6, 6.07) is 4.96. The second kappa shape index (κ2) is 5.50. The molecule has 0 saturated carbocycles. The highest BCUT2D eigenvalue weighted by Gasteiger charge is 2.05. The van der Waals surface area contributed by atoms with Crippen molar-refractivity contribution in [2.45, 2.75) is 13.3 Å². The largest absolute Gasteiger partial charge is 0.441 e. The molecule has 0 aliphatic rings. The van der Waals surface area contributed by atoms with Crippen LogP contribution in [0.3, 0.4) is 0 Å². The minimum Gasteiger partial charge on any atom is -0.441 e. The van der Waals surface area contributed by atoms with Gasteiger partial charge in [-0.3, -0.25) is 0 Å². The van der Waals surface area contributed by atoms with Gasteiger partial charge in [-0.2, -0.15) is 0 Å². The lowest BCUT2D eigenvalue weighted by atomic mass is 10.3. The van der Waals surface area contributed by atoms with Gasteiger partial charge in [-0.15, -0.1) is 0 Å². The van der Waals surface area contributed by atoms with Gasteiger partial charge in [0.05, 0.1) is 0 Å². The lowest BCUT2D eigenvalue weighted by molar-refractivity contribution is 0.249. The van der Waals surface area contributed by atoms with Gasteiger partial charge in [-0.1, -0.05) is 0 Å². The molecule has 1 aromatic heterocycles. The molecule has 1 aromatic carbocycles. The lowest BCUT2D eigenvalue weighted by Crippen LogP contribution is -2.29. The SMILES string of the molecule is Cc1nc2ccc(NC(=O)NCCCO)cc2o1. The van der Waals surface area contributed by atoms with E-state index in [1.165, 1.54) is 0 Å². The maximum atomic E-state index is 11.5. The smallest absolute Gasteiger partial charge is 0.319 e. The summed E-state index contributed by atoms with van der Waals surface area (Å²) in [6.45, 7) is 2.27. The Morgan fingerprint density at radius 3 is 3.11 bits per heavy atom. The van der Waals surface area contributed by atoms with E-state index in [9.17, 15) is 4.79 Å². The number of nitrogens with one attached hydrogen (secondary N) is 2. The number of aliphatic hydroxyl groups is 1. The average Bonchev–Trinajstić information content (AvgIpc) is 2.69. The zero-order chi connectivity index (χ0) is 13.0. The molecule has 1 heterocycles. The molecule has 0 aliphatic carbocycles. The molecule has 2 aromatic rings. The highest BCUT2D eigenvalue weighted by molar-refractivity contribution is 5.91. The van der Waals surface area contributed by atoms with E-state index in [1.54, 1.807) is 25.1 Å². The predicted molar refractivity (Wildman–Crippen MR) is 67.5 cm³/mol. The van der Waals surface area contributed by atoms with Gasteiger partial charge in [0.25, 0.3) is 0 Å². The molecule has 6 nitrogen and oxygen atoms in total. The Morgan fingerprint density at radius 1 is 1.50 bits per heavy atom. The number of anilines is 1. The monoisotopic (exact) mass is 249 g/mol. The van der Waals surface area contributed by atoms with Gasteiger partial charge in [0.2, 0.25) is 0 Å². The van der Waals surface area contributed by atoms with Crippen LogP contribution >= 0.6 is 0 Å². The number of aromatic nitrogens is 1. The summed E-state index contributed by atoms with van der Waals surface area (Å²) in [7, 11) is 0. The minimum absolute atomic E-state index is 0.0591. The third kappa shape index (κ3) is 2.98. The first-order valence-electron chi connectivity index (χ1n) is 5.72. The molecule has 0 unspecified atom stereocenters. The molecule has 0 spiro atoms. The molecule has 96 valence electrons. The molecule has 6 heteroatoms. The van der Waals surface area contributed by atoms with Gasteiger partial charge in [-0.05, 0) is 18.6 Å². The summed E-state index contributed by atoms with van der Waals surface area (Å²) in [4.78, 5) is 15.6. The second-order valence-electron chi connectivity index (χ2n) is 3.87. The maximum Gasteiger partial charge on any atom is 0.319 e. The summed E-state index contributed by atoms with van der Waals surface area (Å²) < 4.78 is 5.37. The molecule has 2 rings (SSSR count). The maximum absolute atomic E-state index is 11.5. The van der Waals surface area contributed by atoms with Crippen LogP contribution in [0, 0.1) is 6.92 Å². The third-order valence-corrected chi connectivity index (χ3v) is 2.37. The number of urea groups is 1. The number of oxazole rings is 1. The van der Waals surface area contributed by atoms with Crippen LogP contribution in [-0.2, 0) is 0 Å². The molecule has 3 N–H and O–H groups in total. The van der Waals surface area contributed by atoms with E-state index in [2.05, 4.69) is 15.6 Å². The highest BCUT2D eigenvalue weighted by Crippen LogP contribution is 2.19. The number of carbonyl (C=O) groups is 1. The molecule has 0 fully saturated rings. The van der Waals surface area contributed by atoms with E-state index in [0.29, 0.717) is 30.1 Å². The quantitative estimate of drug-likeness (QED) is 0.719. The minimum atomic E-state index is -0.306. The van der Waals surface area contributed by atoms with Crippen molar-refractivity contribution in [1.29, 1.82) is 0 Å². The van der Waals surface area contributed by atoms with Crippen molar-refractivity contribution in [3.63, 3.8) is 0 Å².